The van der Waals surface area contributed by atoms with E-state index in [0.717, 1.165) is 55.7 Å². The van der Waals surface area contributed by atoms with Crippen molar-refractivity contribution in [3.8, 4) is 0 Å². The van der Waals surface area contributed by atoms with Gasteiger partial charge in [-0.05, 0) is 61.0 Å². The van der Waals surface area contributed by atoms with Gasteiger partial charge >= 0.3 is 6.18 Å². The lowest BCUT2D eigenvalue weighted by molar-refractivity contribution is -0.137. The third-order valence-corrected chi connectivity index (χ3v) is 8.65. The van der Waals surface area contributed by atoms with Gasteiger partial charge in [0.15, 0.2) is 0 Å². The number of carbonyl (C=O) groups is 2. The van der Waals surface area contributed by atoms with E-state index in [2.05, 4.69) is 12.2 Å². The summed E-state index contributed by atoms with van der Waals surface area (Å²) in [6.45, 7) is 2.78. The van der Waals surface area contributed by atoms with E-state index in [1.54, 1.807) is 11.0 Å². The van der Waals surface area contributed by atoms with Crippen LogP contribution in [0.1, 0.15) is 63.0 Å². The number of hydrogen-bond donors (Lipinski definition) is 1. The van der Waals surface area contributed by atoms with Gasteiger partial charge in [-0.2, -0.15) is 24.9 Å². The molecule has 1 aliphatic heterocycles. The maximum atomic E-state index is 13.3. The summed E-state index contributed by atoms with van der Waals surface area (Å²) >= 11 is 3.40. The van der Waals surface area contributed by atoms with Crippen LogP contribution in [0.3, 0.4) is 0 Å². The summed E-state index contributed by atoms with van der Waals surface area (Å²) in [6.07, 6.45) is 4.48. The lowest BCUT2D eigenvalue weighted by Crippen LogP contribution is -2.54. The summed E-state index contributed by atoms with van der Waals surface area (Å²) in [4.78, 5) is 28.1. The molecule has 2 unspecified atom stereocenters. The molecule has 2 fully saturated rings. The van der Waals surface area contributed by atoms with Gasteiger partial charge in [0.1, 0.15) is 6.54 Å². The minimum atomic E-state index is -4.39. The van der Waals surface area contributed by atoms with E-state index in [1.807, 2.05) is 11.8 Å². The molecule has 4 nitrogen and oxygen atoms in total. The molecule has 1 aromatic rings. The van der Waals surface area contributed by atoms with Crippen LogP contribution >= 0.6 is 23.5 Å². The summed E-state index contributed by atoms with van der Waals surface area (Å²) < 4.78 is 38.6. The monoisotopic (exact) mass is 514 g/mol. The number of nitrogens with zero attached hydrogens (tertiary/aromatic N) is 1. The minimum Gasteiger partial charge on any atom is -0.355 e. The van der Waals surface area contributed by atoms with Crippen LogP contribution in [0.4, 0.5) is 13.2 Å². The zero-order valence-electron chi connectivity index (χ0n) is 19.5. The first-order valence-electron chi connectivity index (χ1n) is 12.0. The van der Waals surface area contributed by atoms with Crippen LogP contribution in [0.5, 0.6) is 0 Å². The van der Waals surface area contributed by atoms with Crippen LogP contribution in [-0.2, 0) is 15.8 Å². The zero-order chi connectivity index (χ0) is 24.6. The van der Waals surface area contributed by atoms with Gasteiger partial charge in [0.25, 0.3) is 5.91 Å². The molecule has 1 saturated heterocycles. The largest absolute Gasteiger partial charge is 0.416 e. The number of nitrogens with one attached hydrogen (secondary N) is 1. The molecule has 34 heavy (non-hydrogen) atoms. The number of fused-ring (bicyclic) bond motifs is 1. The van der Waals surface area contributed by atoms with Crippen molar-refractivity contribution in [1.82, 2.24) is 10.2 Å². The fourth-order valence-corrected chi connectivity index (χ4v) is 6.76. The normalized spacial score (nSPS) is 22.1. The Bertz CT molecular complexity index is 859. The molecular weight excluding hydrogens is 481 g/mol. The molecule has 0 radical (unpaired) electrons. The first-order valence-corrected chi connectivity index (χ1v) is 14.0. The van der Waals surface area contributed by atoms with Gasteiger partial charge in [0.2, 0.25) is 5.91 Å². The highest BCUT2D eigenvalue weighted by molar-refractivity contribution is 8.04. The Balaban J connectivity index is 1.63. The van der Waals surface area contributed by atoms with E-state index in [0.29, 0.717) is 17.0 Å². The summed E-state index contributed by atoms with van der Waals surface area (Å²) in [5, 5.41) is 3.15. The second kappa shape index (κ2) is 12.9. The standard InChI is InChI=1S/C25H33F3N2O2S2/c1-2-3-14-33-15-6-13-29-23(31)17-30-20-7-4-5-8-21(20)34-22(24(30)32)16-18-9-11-19(12-10-18)25(26,27)28/h9-12,16,20-21H,2-8,13-15,17H2,1H3,(H,29,31)/b22-16-. The molecule has 0 aromatic heterocycles. The number of rotatable bonds is 10. The van der Waals surface area contributed by atoms with Gasteiger partial charge in [-0.3, -0.25) is 9.59 Å². The third-order valence-electron chi connectivity index (χ3n) is 6.10. The number of thioether (sulfide) groups is 2. The second-order valence-corrected chi connectivity index (χ2v) is 11.2. The van der Waals surface area contributed by atoms with E-state index < -0.39 is 11.7 Å². The van der Waals surface area contributed by atoms with E-state index in [-0.39, 0.29) is 29.7 Å². The van der Waals surface area contributed by atoms with Crippen LogP contribution in [0.25, 0.3) is 6.08 Å². The number of alkyl halides is 3. The number of halogens is 3. The van der Waals surface area contributed by atoms with Crippen molar-refractivity contribution in [2.45, 2.75) is 69.3 Å². The predicted octanol–water partition coefficient (Wildman–Crippen LogP) is 5.97. The molecule has 1 heterocycles. The van der Waals surface area contributed by atoms with Gasteiger partial charge in [0, 0.05) is 17.8 Å². The number of unbranched alkanes of at least 4 members (excludes halogenated alkanes) is 1. The summed E-state index contributed by atoms with van der Waals surface area (Å²) in [5.41, 5.74) is -0.172. The Morgan fingerprint density at radius 3 is 2.59 bits per heavy atom. The lowest BCUT2D eigenvalue weighted by atomic mass is 9.93. The van der Waals surface area contributed by atoms with Gasteiger partial charge in [-0.25, -0.2) is 0 Å². The average molecular weight is 515 g/mol. The quantitative estimate of drug-likeness (QED) is 0.309. The molecule has 1 aliphatic carbocycles. The van der Waals surface area contributed by atoms with Crippen LogP contribution in [0.15, 0.2) is 29.2 Å². The zero-order valence-corrected chi connectivity index (χ0v) is 21.2. The van der Waals surface area contributed by atoms with Crippen molar-refractivity contribution in [2.24, 2.45) is 0 Å². The van der Waals surface area contributed by atoms with E-state index >= 15 is 0 Å². The highest BCUT2D eigenvalue weighted by Crippen LogP contribution is 2.42. The molecule has 2 atom stereocenters. The highest BCUT2D eigenvalue weighted by atomic mass is 32.2. The van der Waals surface area contributed by atoms with E-state index in [1.165, 1.54) is 36.7 Å². The summed E-state index contributed by atoms with van der Waals surface area (Å²) in [7, 11) is 0. The van der Waals surface area contributed by atoms with Crippen LogP contribution < -0.4 is 5.32 Å². The molecule has 0 spiro atoms. The predicted molar refractivity (Wildman–Crippen MR) is 135 cm³/mol. The smallest absolute Gasteiger partial charge is 0.355 e. The molecular formula is C25H33F3N2O2S2. The molecule has 2 amide bonds. The molecule has 1 N–H and O–H groups in total. The van der Waals surface area contributed by atoms with Crippen molar-refractivity contribution in [2.75, 3.05) is 24.6 Å². The molecule has 2 aliphatic rings. The maximum absolute atomic E-state index is 13.3. The first-order chi connectivity index (χ1) is 16.3. The van der Waals surface area contributed by atoms with Crippen molar-refractivity contribution >= 4 is 41.4 Å². The van der Waals surface area contributed by atoms with Gasteiger partial charge < -0.3 is 10.2 Å². The Morgan fingerprint density at radius 2 is 1.88 bits per heavy atom. The molecule has 3 rings (SSSR count). The third kappa shape index (κ3) is 7.70. The maximum Gasteiger partial charge on any atom is 0.416 e. The lowest BCUT2D eigenvalue weighted by Gasteiger charge is -2.43. The Hall–Kier alpha value is -1.61. The fraction of sp³-hybridized carbons (Fsp3) is 0.600. The molecule has 0 bridgehead atoms. The number of amides is 2. The van der Waals surface area contributed by atoms with Crippen molar-refractivity contribution < 1.29 is 22.8 Å². The minimum absolute atomic E-state index is 0.0198. The van der Waals surface area contributed by atoms with Crippen LogP contribution in [0.2, 0.25) is 0 Å². The van der Waals surface area contributed by atoms with E-state index in [4.69, 9.17) is 0 Å². The second-order valence-electron chi connectivity index (χ2n) is 8.74. The van der Waals surface area contributed by atoms with Gasteiger partial charge in [-0.1, -0.05) is 38.3 Å². The number of hydrogen-bond acceptors (Lipinski definition) is 4. The summed E-state index contributed by atoms with van der Waals surface area (Å²) in [5.74, 6) is 1.78. The fourth-order valence-electron chi connectivity index (χ4n) is 4.24. The summed E-state index contributed by atoms with van der Waals surface area (Å²) in [6, 6.07) is 4.84. The SMILES string of the molecule is CCCCSCCCNC(=O)CN1C(=O)/C(=C/c2ccc(C(F)(F)F)cc2)SC2CCCCC21. The van der Waals surface area contributed by atoms with Gasteiger partial charge in [-0.15, -0.1) is 11.8 Å². The van der Waals surface area contributed by atoms with Crippen molar-refractivity contribution in [3.63, 3.8) is 0 Å². The average Bonchev–Trinajstić information content (AvgIpc) is 2.81. The van der Waals surface area contributed by atoms with Crippen LogP contribution in [-0.4, -0.2) is 52.6 Å². The molecule has 9 heteroatoms. The number of carbonyl (C=O) groups excluding carboxylic acids is 2. The number of benzene rings is 1. The molecule has 1 aromatic carbocycles. The topological polar surface area (TPSA) is 49.4 Å². The first kappa shape index (κ1) is 27.0. The van der Waals surface area contributed by atoms with Gasteiger partial charge in [0.05, 0.1) is 10.5 Å². The van der Waals surface area contributed by atoms with Crippen LogP contribution in [0, 0.1) is 0 Å². The molecule has 1 saturated carbocycles. The van der Waals surface area contributed by atoms with Crippen molar-refractivity contribution in [3.05, 3.63) is 40.3 Å². The van der Waals surface area contributed by atoms with Crippen molar-refractivity contribution in [1.29, 1.82) is 0 Å². The Labute approximate surface area is 208 Å². The Kier molecular flexibility index (Phi) is 10.2. The molecule has 188 valence electrons. The highest BCUT2D eigenvalue weighted by Gasteiger charge is 2.41. The van der Waals surface area contributed by atoms with E-state index in [9.17, 15) is 22.8 Å². The Morgan fingerprint density at radius 1 is 1.18 bits per heavy atom.